The van der Waals surface area contributed by atoms with Crippen molar-refractivity contribution in [3.63, 3.8) is 0 Å². The van der Waals surface area contributed by atoms with E-state index in [4.69, 9.17) is 5.11 Å². The summed E-state index contributed by atoms with van der Waals surface area (Å²) in [6.07, 6.45) is -3.32. The molecule has 1 aromatic rings. The number of rotatable bonds is 7. The summed E-state index contributed by atoms with van der Waals surface area (Å²) in [5.74, 6) is 0.0394. The Balaban J connectivity index is 2.89. The molecule has 1 rings (SSSR count). The van der Waals surface area contributed by atoms with Crippen LogP contribution in [-0.2, 0) is 6.18 Å². The minimum absolute atomic E-state index is 0.0366. The molecule has 0 amide bonds. The molecule has 19 heavy (non-hydrogen) atoms. The fraction of sp³-hybridized carbons (Fsp3) is 0.636. The normalized spacial score (nSPS) is 11.4. The largest absolute Gasteiger partial charge is 0.433 e. The van der Waals surface area contributed by atoms with Crippen molar-refractivity contribution in [3.05, 3.63) is 11.8 Å². The lowest BCUT2D eigenvalue weighted by molar-refractivity contribution is -0.141. The standard InChI is InChI=1S/C11H17F3N4O/c1-2-4-16-10-17-8(11(12,13)14)7-9(18-10)15-5-3-6-19/h7,19H,2-6H2,1H3,(H2,15,16,17,18). The Labute approximate surface area is 109 Å². The molecule has 0 saturated carbocycles. The zero-order valence-electron chi connectivity index (χ0n) is 10.6. The number of alkyl halides is 3. The molecular weight excluding hydrogens is 261 g/mol. The Morgan fingerprint density at radius 1 is 1.21 bits per heavy atom. The number of nitrogens with one attached hydrogen (secondary N) is 2. The van der Waals surface area contributed by atoms with Crippen LogP contribution in [0.2, 0.25) is 0 Å². The number of nitrogens with zero attached hydrogens (tertiary/aromatic N) is 2. The first-order chi connectivity index (χ1) is 8.97. The minimum Gasteiger partial charge on any atom is -0.396 e. The minimum atomic E-state index is -4.51. The highest BCUT2D eigenvalue weighted by Crippen LogP contribution is 2.29. The van der Waals surface area contributed by atoms with Crippen molar-refractivity contribution in [3.8, 4) is 0 Å². The lowest BCUT2D eigenvalue weighted by atomic mass is 10.3. The van der Waals surface area contributed by atoms with Crippen LogP contribution in [0, 0.1) is 0 Å². The van der Waals surface area contributed by atoms with Gasteiger partial charge in [0.05, 0.1) is 0 Å². The van der Waals surface area contributed by atoms with Crippen molar-refractivity contribution in [2.75, 3.05) is 30.3 Å². The third-order valence-electron chi connectivity index (χ3n) is 2.19. The summed E-state index contributed by atoms with van der Waals surface area (Å²) in [7, 11) is 0. The summed E-state index contributed by atoms with van der Waals surface area (Å²) in [5, 5.41) is 14.1. The number of halogens is 3. The van der Waals surface area contributed by atoms with Gasteiger partial charge in [0.15, 0.2) is 5.69 Å². The van der Waals surface area contributed by atoms with Crippen LogP contribution in [0.15, 0.2) is 6.07 Å². The lowest BCUT2D eigenvalue weighted by Gasteiger charge is -2.12. The number of anilines is 2. The first kappa shape index (κ1) is 15.5. The molecular formula is C11H17F3N4O. The highest BCUT2D eigenvalue weighted by molar-refractivity contribution is 5.43. The molecule has 0 aliphatic carbocycles. The predicted octanol–water partition coefficient (Wildman–Crippen LogP) is 2.11. The first-order valence-corrected chi connectivity index (χ1v) is 6.02. The first-order valence-electron chi connectivity index (χ1n) is 6.02. The van der Waals surface area contributed by atoms with E-state index in [1.807, 2.05) is 6.92 Å². The van der Waals surface area contributed by atoms with Crippen LogP contribution in [-0.4, -0.2) is 34.8 Å². The molecule has 0 radical (unpaired) electrons. The van der Waals surface area contributed by atoms with Crippen molar-refractivity contribution >= 4 is 11.8 Å². The van der Waals surface area contributed by atoms with E-state index in [1.54, 1.807) is 0 Å². The molecule has 0 spiro atoms. The predicted molar refractivity (Wildman–Crippen MR) is 66.0 cm³/mol. The van der Waals surface area contributed by atoms with E-state index in [1.165, 1.54) is 0 Å². The molecule has 0 fully saturated rings. The summed E-state index contributed by atoms with van der Waals surface area (Å²) < 4.78 is 38.0. The maximum Gasteiger partial charge on any atom is 0.433 e. The van der Waals surface area contributed by atoms with E-state index < -0.39 is 11.9 Å². The van der Waals surface area contributed by atoms with E-state index in [-0.39, 0.29) is 18.4 Å². The van der Waals surface area contributed by atoms with Gasteiger partial charge in [0.2, 0.25) is 5.95 Å². The van der Waals surface area contributed by atoms with Gasteiger partial charge >= 0.3 is 6.18 Å². The number of aliphatic hydroxyl groups excluding tert-OH is 1. The highest BCUT2D eigenvalue weighted by atomic mass is 19.4. The molecule has 3 N–H and O–H groups in total. The smallest absolute Gasteiger partial charge is 0.396 e. The van der Waals surface area contributed by atoms with Gasteiger partial charge in [-0.1, -0.05) is 6.92 Å². The second kappa shape index (κ2) is 7.13. The average Bonchev–Trinajstić information content (AvgIpc) is 2.35. The average molecular weight is 278 g/mol. The third kappa shape index (κ3) is 5.29. The molecule has 0 aromatic carbocycles. The number of aromatic nitrogens is 2. The van der Waals surface area contributed by atoms with E-state index in [9.17, 15) is 13.2 Å². The van der Waals surface area contributed by atoms with E-state index in [2.05, 4.69) is 20.6 Å². The summed E-state index contributed by atoms with van der Waals surface area (Å²) >= 11 is 0. The molecule has 8 heteroatoms. The Kier molecular flexibility index (Phi) is 5.81. The van der Waals surface area contributed by atoms with Gasteiger partial charge in [-0.15, -0.1) is 0 Å². The van der Waals surface area contributed by atoms with Gasteiger partial charge in [0.1, 0.15) is 5.82 Å². The van der Waals surface area contributed by atoms with Crippen molar-refractivity contribution in [2.45, 2.75) is 25.9 Å². The van der Waals surface area contributed by atoms with Crippen molar-refractivity contribution < 1.29 is 18.3 Å². The highest BCUT2D eigenvalue weighted by Gasteiger charge is 2.33. The van der Waals surface area contributed by atoms with E-state index in [0.29, 0.717) is 19.5 Å². The van der Waals surface area contributed by atoms with Crippen molar-refractivity contribution in [1.29, 1.82) is 0 Å². The van der Waals surface area contributed by atoms with Gasteiger partial charge in [-0.2, -0.15) is 18.2 Å². The summed E-state index contributed by atoms with van der Waals surface area (Å²) in [4.78, 5) is 7.38. The van der Waals surface area contributed by atoms with Gasteiger partial charge in [0, 0.05) is 25.8 Å². The van der Waals surface area contributed by atoms with Gasteiger partial charge in [0.25, 0.3) is 0 Å². The maximum absolute atomic E-state index is 12.7. The zero-order valence-corrected chi connectivity index (χ0v) is 10.6. The van der Waals surface area contributed by atoms with E-state index in [0.717, 1.165) is 12.5 Å². The molecule has 1 aromatic heterocycles. The molecule has 0 aliphatic rings. The third-order valence-corrected chi connectivity index (χ3v) is 2.19. The molecule has 0 bridgehead atoms. The summed E-state index contributed by atoms with van der Waals surface area (Å²) in [6.45, 7) is 2.70. The SMILES string of the molecule is CCCNc1nc(NCCCO)cc(C(F)(F)F)n1. The molecule has 5 nitrogen and oxygen atoms in total. The fourth-order valence-electron chi connectivity index (χ4n) is 1.29. The van der Waals surface area contributed by atoms with Crippen LogP contribution in [0.4, 0.5) is 24.9 Å². The van der Waals surface area contributed by atoms with Crippen LogP contribution in [0.3, 0.4) is 0 Å². The Hall–Kier alpha value is -1.57. The Morgan fingerprint density at radius 3 is 2.53 bits per heavy atom. The maximum atomic E-state index is 12.7. The molecule has 1 heterocycles. The quantitative estimate of drug-likeness (QED) is 0.666. The molecule has 0 aliphatic heterocycles. The van der Waals surface area contributed by atoms with Crippen LogP contribution in [0.1, 0.15) is 25.5 Å². The van der Waals surface area contributed by atoms with Gasteiger partial charge in [-0.3, -0.25) is 0 Å². The summed E-state index contributed by atoms with van der Waals surface area (Å²) in [6, 6.07) is 0.856. The van der Waals surface area contributed by atoms with Crippen molar-refractivity contribution in [1.82, 2.24) is 9.97 Å². The second-order valence-electron chi connectivity index (χ2n) is 3.89. The fourth-order valence-corrected chi connectivity index (χ4v) is 1.29. The second-order valence-corrected chi connectivity index (χ2v) is 3.89. The van der Waals surface area contributed by atoms with Crippen LogP contribution in [0.5, 0.6) is 0 Å². The number of aliphatic hydroxyl groups is 1. The number of hydrogen-bond acceptors (Lipinski definition) is 5. The van der Waals surface area contributed by atoms with Gasteiger partial charge in [-0.25, -0.2) is 4.98 Å². The Bertz CT molecular complexity index is 398. The number of hydrogen-bond donors (Lipinski definition) is 3. The molecule has 0 atom stereocenters. The zero-order chi connectivity index (χ0) is 14.3. The van der Waals surface area contributed by atoms with Crippen molar-refractivity contribution in [2.24, 2.45) is 0 Å². The van der Waals surface area contributed by atoms with Crippen LogP contribution >= 0.6 is 0 Å². The van der Waals surface area contributed by atoms with Crippen LogP contribution in [0.25, 0.3) is 0 Å². The monoisotopic (exact) mass is 278 g/mol. The van der Waals surface area contributed by atoms with Gasteiger partial charge in [-0.05, 0) is 12.8 Å². The lowest BCUT2D eigenvalue weighted by Crippen LogP contribution is -2.15. The van der Waals surface area contributed by atoms with E-state index >= 15 is 0 Å². The topological polar surface area (TPSA) is 70.1 Å². The van der Waals surface area contributed by atoms with Gasteiger partial charge < -0.3 is 15.7 Å². The summed E-state index contributed by atoms with van der Waals surface area (Å²) in [5.41, 5.74) is -0.993. The molecule has 0 saturated heterocycles. The molecule has 0 unspecified atom stereocenters. The molecule has 108 valence electrons. The van der Waals surface area contributed by atoms with Crippen LogP contribution < -0.4 is 10.6 Å². The Morgan fingerprint density at radius 2 is 1.95 bits per heavy atom.